The molecule has 2 heterocycles. The van der Waals surface area contributed by atoms with Crippen LogP contribution in [0.3, 0.4) is 0 Å². The van der Waals surface area contributed by atoms with Crippen LogP contribution >= 0.6 is 0 Å². The van der Waals surface area contributed by atoms with Crippen LogP contribution in [0.2, 0.25) is 0 Å². The molecule has 1 aromatic heterocycles. The number of aryl methyl sites for hydroxylation is 1. The Labute approximate surface area is 178 Å². The van der Waals surface area contributed by atoms with Crippen molar-refractivity contribution in [3.05, 3.63) is 64.5 Å². The Kier molecular flexibility index (Phi) is 6.89. The number of nitriles is 1. The van der Waals surface area contributed by atoms with Gasteiger partial charge < -0.3 is 9.47 Å². The first kappa shape index (κ1) is 21.6. The van der Waals surface area contributed by atoms with E-state index in [0.717, 1.165) is 35.5 Å². The number of hydrogen-bond donors (Lipinski definition) is 0. The summed E-state index contributed by atoms with van der Waals surface area (Å²) < 4.78 is 2.21. The van der Waals surface area contributed by atoms with Gasteiger partial charge in [-0.25, -0.2) is 0 Å². The molecule has 156 valence electrons. The molecule has 0 saturated carbocycles. The van der Waals surface area contributed by atoms with Crippen molar-refractivity contribution in [3.8, 4) is 6.07 Å². The lowest BCUT2D eigenvalue weighted by Gasteiger charge is -2.31. The molecule has 0 aliphatic carbocycles. The highest BCUT2D eigenvalue weighted by atomic mass is 16.2. The molecule has 30 heavy (non-hydrogen) atoms. The van der Waals surface area contributed by atoms with Crippen molar-refractivity contribution in [2.45, 2.75) is 46.6 Å². The number of aromatic nitrogens is 1. The number of benzene rings is 1. The molecule has 2 aromatic rings. The number of Topliss-reactive ketones (excluding diaryl/α,β-unsaturated/α-hetero) is 1. The number of rotatable bonds is 6. The molecule has 3 rings (SSSR count). The number of nitrogens with zero attached hydrogens (tertiary/aromatic N) is 3. The Balaban J connectivity index is 1.69. The molecule has 0 N–H and O–H groups in total. The minimum Gasteiger partial charge on any atom is -0.349 e. The lowest BCUT2D eigenvalue weighted by atomic mass is 9.88. The topological polar surface area (TPSA) is 66.1 Å². The maximum absolute atomic E-state index is 13.0. The van der Waals surface area contributed by atoms with Crippen molar-refractivity contribution < 1.29 is 9.59 Å². The molecule has 1 amide bonds. The smallest absolute Gasteiger partial charge is 0.264 e. The maximum atomic E-state index is 13.0. The number of amides is 1. The van der Waals surface area contributed by atoms with Crippen LogP contribution in [-0.2, 0) is 11.3 Å². The van der Waals surface area contributed by atoms with Gasteiger partial charge in [-0.15, -0.1) is 0 Å². The first-order valence-electron chi connectivity index (χ1n) is 10.6. The minimum absolute atomic E-state index is 0.0704. The van der Waals surface area contributed by atoms with Gasteiger partial charge in [0.1, 0.15) is 11.6 Å². The van der Waals surface area contributed by atoms with E-state index >= 15 is 0 Å². The molecule has 5 heteroatoms. The molecule has 5 nitrogen and oxygen atoms in total. The van der Waals surface area contributed by atoms with E-state index in [4.69, 9.17) is 0 Å². The summed E-state index contributed by atoms with van der Waals surface area (Å²) in [5.74, 6) is -0.176. The van der Waals surface area contributed by atoms with Gasteiger partial charge in [-0.3, -0.25) is 9.59 Å². The number of carbonyl (C=O) groups excluding carboxylic acids is 2. The quantitative estimate of drug-likeness (QED) is 0.404. The third-order valence-electron chi connectivity index (χ3n) is 5.92. The molecule has 0 atom stereocenters. The zero-order chi connectivity index (χ0) is 21.7. The molecule has 1 aliphatic heterocycles. The second-order valence-electron chi connectivity index (χ2n) is 7.94. The minimum atomic E-state index is -0.247. The first-order valence-corrected chi connectivity index (χ1v) is 10.6. The van der Waals surface area contributed by atoms with Crippen molar-refractivity contribution in [1.29, 1.82) is 5.26 Å². The van der Waals surface area contributed by atoms with Gasteiger partial charge in [-0.1, -0.05) is 37.3 Å². The fourth-order valence-electron chi connectivity index (χ4n) is 4.19. The predicted octanol–water partition coefficient (Wildman–Crippen LogP) is 4.54. The van der Waals surface area contributed by atoms with E-state index in [-0.39, 0.29) is 23.2 Å². The van der Waals surface area contributed by atoms with Gasteiger partial charge in [0.25, 0.3) is 5.91 Å². The monoisotopic (exact) mass is 403 g/mol. The summed E-state index contributed by atoms with van der Waals surface area (Å²) >= 11 is 0. The Morgan fingerprint density at radius 1 is 1.17 bits per heavy atom. The molecule has 1 fully saturated rings. The van der Waals surface area contributed by atoms with Crippen molar-refractivity contribution in [3.63, 3.8) is 0 Å². The highest BCUT2D eigenvalue weighted by Gasteiger charge is 2.29. The normalized spacial score (nSPS) is 15.1. The highest BCUT2D eigenvalue weighted by Crippen LogP contribution is 2.24. The number of piperidine rings is 1. The van der Waals surface area contributed by atoms with Crippen LogP contribution < -0.4 is 0 Å². The maximum Gasteiger partial charge on any atom is 0.264 e. The summed E-state index contributed by atoms with van der Waals surface area (Å²) in [6.07, 6.45) is 3.99. The summed E-state index contributed by atoms with van der Waals surface area (Å²) in [5, 5.41) is 9.62. The average Bonchev–Trinajstić information content (AvgIpc) is 3.05. The van der Waals surface area contributed by atoms with Gasteiger partial charge in [0, 0.05) is 42.5 Å². The van der Waals surface area contributed by atoms with Crippen LogP contribution in [0.5, 0.6) is 0 Å². The number of carbonyl (C=O) groups is 2. The lowest BCUT2D eigenvalue weighted by molar-refractivity contribution is -0.127. The summed E-state index contributed by atoms with van der Waals surface area (Å²) in [6, 6.07) is 13.4. The molecular weight excluding hydrogens is 374 g/mol. The summed E-state index contributed by atoms with van der Waals surface area (Å²) in [5.41, 5.74) is 3.99. The van der Waals surface area contributed by atoms with Crippen LogP contribution in [-0.4, -0.2) is 34.2 Å². The Morgan fingerprint density at radius 2 is 1.83 bits per heavy atom. The van der Waals surface area contributed by atoms with Gasteiger partial charge >= 0.3 is 0 Å². The molecule has 1 saturated heterocycles. The molecule has 1 aromatic carbocycles. The third kappa shape index (κ3) is 4.54. The van der Waals surface area contributed by atoms with Gasteiger partial charge in [0.2, 0.25) is 0 Å². The standard InChI is InChI=1S/C25H29N3O2/c1-4-12-28-18(2)15-22(19(28)3)16-23(17-26)25(30)27-13-10-21(11-14-27)24(29)20-8-6-5-7-9-20/h5-9,15-16,21H,4,10-14H2,1-3H3/b23-16+. The molecular formula is C25H29N3O2. The SMILES string of the molecule is CCCn1c(C)cc(/C=C(\C#N)C(=O)N2CCC(C(=O)c3ccccc3)CC2)c1C. The van der Waals surface area contributed by atoms with E-state index in [1.165, 1.54) is 0 Å². The van der Waals surface area contributed by atoms with E-state index in [1.807, 2.05) is 50.2 Å². The predicted molar refractivity (Wildman–Crippen MR) is 118 cm³/mol. The van der Waals surface area contributed by atoms with Crippen molar-refractivity contribution in [1.82, 2.24) is 9.47 Å². The Hall–Kier alpha value is -3.13. The zero-order valence-corrected chi connectivity index (χ0v) is 18.0. The Morgan fingerprint density at radius 3 is 2.43 bits per heavy atom. The van der Waals surface area contributed by atoms with Crippen molar-refractivity contribution >= 4 is 17.8 Å². The first-order chi connectivity index (χ1) is 14.5. The van der Waals surface area contributed by atoms with Crippen LogP contribution in [0, 0.1) is 31.1 Å². The van der Waals surface area contributed by atoms with Crippen LogP contribution in [0.4, 0.5) is 0 Å². The van der Waals surface area contributed by atoms with E-state index in [1.54, 1.807) is 11.0 Å². The van der Waals surface area contributed by atoms with Gasteiger partial charge in [0.05, 0.1) is 0 Å². The van der Waals surface area contributed by atoms with Crippen LogP contribution in [0.1, 0.15) is 53.5 Å². The van der Waals surface area contributed by atoms with Crippen molar-refractivity contribution in [2.75, 3.05) is 13.1 Å². The second kappa shape index (κ2) is 9.58. The second-order valence-corrected chi connectivity index (χ2v) is 7.94. The van der Waals surface area contributed by atoms with E-state index in [2.05, 4.69) is 17.6 Å². The van der Waals surface area contributed by atoms with Crippen LogP contribution in [0.15, 0.2) is 42.0 Å². The van der Waals surface area contributed by atoms with Crippen LogP contribution in [0.25, 0.3) is 6.08 Å². The van der Waals surface area contributed by atoms with Crippen molar-refractivity contribution in [2.24, 2.45) is 5.92 Å². The fourth-order valence-corrected chi connectivity index (χ4v) is 4.19. The summed E-state index contributed by atoms with van der Waals surface area (Å²) in [7, 11) is 0. The molecule has 0 bridgehead atoms. The fraction of sp³-hybridized carbons (Fsp3) is 0.400. The van der Waals surface area contributed by atoms with Gasteiger partial charge in [-0.2, -0.15) is 5.26 Å². The van der Waals surface area contributed by atoms with E-state index in [0.29, 0.717) is 25.9 Å². The lowest BCUT2D eigenvalue weighted by Crippen LogP contribution is -2.40. The largest absolute Gasteiger partial charge is 0.349 e. The molecule has 0 unspecified atom stereocenters. The average molecular weight is 404 g/mol. The van der Waals surface area contributed by atoms with Gasteiger partial charge in [0.15, 0.2) is 5.78 Å². The van der Waals surface area contributed by atoms with E-state index < -0.39 is 0 Å². The summed E-state index contributed by atoms with van der Waals surface area (Å²) in [4.78, 5) is 27.3. The zero-order valence-electron chi connectivity index (χ0n) is 18.0. The third-order valence-corrected chi connectivity index (χ3v) is 5.92. The molecule has 1 aliphatic rings. The number of ketones is 1. The Bertz CT molecular complexity index is 987. The summed E-state index contributed by atoms with van der Waals surface area (Å²) in [6.45, 7) is 8.11. The van der Waals surface area contributed by atoms with E-state index in [9.17, 15) is 14.9 Å². The van der Waals surface area contributed by atoms with Gasteiger partial charge in [-0.05, 0) is 50.8 Å². The molecule has 0 spiro atoms. The molecule has 0 radical (unpaired) electrons. The number of hydrogen-bond acceptors (Lipinski definition) is 3. The number of likely N-dealkylation sites (tertiary alicyclic amines) is 1. The highest BCUT2D eigenvalue weighted by molar-refractivity contribution is 6.02.